The summed E-state index contributed by atoms with van der Waals surface area (Å²) < 4.78 is 13.0. The lowest BCUT2D eigenvalue weighted by molar-refractivity contribution is 0.102. The summed E-state index contributed by atoms with van der Waals surface area (Å²) in [7, 11) is 0. The normalized spacial score (nSPS) is 11.5. The number of hydrogen-bond donors (Lipinski definition) is 0. The molecule has 0 N–H and O–H groups in total. The Kier molecular flexibility index (Phi) is 3.49. The van der Waals surface area contributed by atoms with Crippen molar-refractivity contribution in [1.29, 1.82) is 0 Å². The molecule has 1 aromatic heterocycles. The summed E-state index contributed by atoms with van der Waals surface area (Å²) in [6.07, 6.45) is 0.588. The van der Waals surface area contributed by atoms with Gasteiger partial charge in [0.25, 0.3) is 0 Å². The van der Waals surface area contributed by atoms with Crippen molar-refractivity contribution >= 4 is 22.7 Å². The molecular weight excluding hydrogens is 235 g/mol. The Hall–Kier alpha value is -1.74. The van der Waals surface area contributed by atoms with E-state index in [1.54, 1.807) is 12.1 Å². The maximum Gasteiger partial charge on any atom is 0.169 e. The average Bonchev–Trinajstić information content (AvgIpc) is 2.81. The fourth-order valence-electron chi connectivity index (χ4n) is 1.55. The smallest absolute Gasteiger partial charge is 0.169 e. The molecule has 0 aliphatic rings. The second-order valence-electron chi connectivity index (χ2n) is 3.61. The fourth-order valence-corrected chi connectivity index (χ4v) is 2.47. The number of carbonyl (C=O) groups excluding carboxylic acids is 1. The van der Waals surface area contributed by atoms with E-state index in [0.29, 0.717) is 16.8 Å². The Bertz CT molecular complexity index is 555. The van der Waals surface area contributed by atoms with Gasteiger partial charge in [-0.3, -0.25) is 4.79 Å². The average molecular weight is 246 g/mol. The van der Waals surface area contributed by atoms with Gasteiger partial charge in [0.2, 0.25) is 0 Å². The van der Waals surface area contributed by atoms with Gasteiger partial charge in [-0.25, -0.2) is 4.39 Å². The fraction of sp³-hybridized carbons (Fsp3) is 0.0714. The zero-order valence-electron chi connectivity index (χ0n) is 9.31. The second kappa shape index (κ2) is 5.06. The molecule has 0 aliphatic carbocycles. The molecule has 0 saturated heterocycles. The van der Waals surface area contributed by atoms with Crippen molar-refractivity contribution in [2.45, 2.75) is 6.92 Å². The van der Waals surface area contributed by atoms with E-state index in [-0.39, 0.29) is 5.78 Å². The predicted molar refractivity (Wildman–Crippen MR) is 69.0 cm³/mol. The first-order chi connectivity index (χ1) is 8.22. The number of rotatable bonds is 3. The van der Waals surface area contributed by atoms with Crippen LogP contribution in [0.5, 0.6) is 0 Å². The van der Waals surface area contributed by atoms with Crippen molar-refractivity contribution in [1.82, 2.24) is 0 Å². The van der Waals surface area contributed by atoms with Crippen LogP contribution in [0, 0.1) is 0 Å². The molecule has 1 heterocycles. The molecule has 0 saturated carbocycles. The molecule has 17 heavy (non-hydrogen) atoms. The highest BCUT2D eigenvalue weighted by molar-refractivity contribution is 7.15. The van der Waals surface area contributed by atoms with Gasteiger partial charge in [0.1, 0.15) is 0 Å². The minimum absolute atomic E-state index is 0.00696. The molecule has 0 amide bonds. The number of ketones is 1. The van der Waals surface area contributed by atoms with E-state index in [2.05, 4.69) is 0 Å². The van der Waals surface area contributed by atoms with Crippen molar-refractivity contribution in [3.63, 3.8) is 0 Å². The van der Waals surface area contributed by atoms with Crippen LogP contribution in [0.1, 0.15) is 27.0 Å². The molecule has 3 heteroatoms. The minimum atomic E-state index is 0.00696. The van der Waals surface area contributed by atoms with Gasteiger partial charge in [0.15, 0.2) is 5.78 Å². The lowest BCUT2D eigenvalue weighted by Crippen LogP contribution is -1.84. The van der Waals surface area contributed by atoms with Gasteiger partial charge in [0, 0.05) is 10.5 Å². The molecule has 1 nitrogen and oxygen atoms in total. The van der Waals surface area contributed by atoms with Crippen LogP contribution < -0.4 is 0 Å². The molecule has 2 rings (SSSR count). The van der Waals surface area contributed by atoms with E-state index in [1.165, 1.54) is 18.3 Å². The van der Waals surface area contributed by atoms with E-state index in [4.69, 9.17) is 0 Å². The molecular formula is C14H11FOS. The second-order valence-corrected chi connectivity index (χ2v) is 4.69. The van der Waals surface area contributed by atoms with Gasteiger partial charge in [-0.15, -0.1) is 11.3 Å². The van der Waals surface area contributed by atoms with Gasteiger partial charge in [-0.2, -0.15) is 0 Å². The summed E-state index contributed by atoms with van der Waals surface area (Å²) in [6, 6.07) is 12.8. The Morgan fingerprint density at radius 2 is 1.76 bits per heavy atom. The third-order valence-electron chi connectivity index (χ3n) is 2.41. The van der Waals surface area contributed by atoms with Crippen LogP contribution in [-0.4, -0.2) is 5.78 Å². The number of halogens is 1. The summed E-state index contributed by atoms with van der Waals surface area (Å²) in [5, 5.41) is 0. The van der Waals surface area contributed by atoms with Crippen LogP contribution >= 0.6 is 11.3 Å². The van der Waals surface area contributed by atoms with Gasteiger partial charge in [-0.05, 0) is 24.6 Å². The maximum atomic E-state index is 13.0. The Balaban J connectivity index is 2.40. The molecule has 0 bridgehead atoms. The molecule has 0 atom stereocenters. The van der Waals surface area contributed by atoms with Gasteiger partial charge >= 0.3 is 0 Å². The van der Waals surface area contributed by atoms with E-state index in [9.17, 15) is 9.18 Å². The number of thiophene rings is 1. The van der Waals surface area contributed by atoms with Crippen LogP contribution in [0.25, 0.3) is 5.57 Å². The van der Waals surface area contributed by atoms with Crippen LogP contribution in [0.2, 0.25) is 0 Å². The third kappa shape index (κ3) is 2.50. The summed E-state index contributed by atoms with van der Waals surface area (Å²) in [5.74, 6) is 0.00696. The minimum Gasteiger partial charge on any atom is -0.294 e. The van der Waals surface area contributed by atoms with Crippen LogP contribution in [-0.2, 0) is 0 Å². The highest BCUT2D eigenvalue weighted by atomic mass is 32.1. The molecule has 0 spiro atoms. The van der Waals surface area contributed by atoms with E-state index >= 15 is 0 Å². The van der Waals surface area contributed by atoms with E-state index in [1.807, 2.05) is 30.3 Å². The number of benzene rings is 1. The standard InChI is InChI=1S/C14H11FOS/c1-10(16)13-7-8-14(17-13)12(9-15)11-5-3-2-4-6-11/h2-9H,1H3/b12-9+. The molecule has 86 valence electrons. The first-order valence-electron chi connectivity index (χ1n) is 5.19. The first-order valence-corrected chi connectivity index (χ1v) is 6.01. The van der Waals surface area contributed by atoms with Crippen molar-refractivity contribution in [2.75, 3.05) is 0 Å². The number of carbonyl (C=O) groups is 1. The predicted octanol–water partition coefficient (Wildman–Crippen LogP) is 4.31. The number of Topliss-reactive ketones (excluding diaryl/α,β-unsaturated/α-hetero) is 1. The lowest BCUT2D eigenvalue weighted by Gasteiger charge is -2.02. The van der Waals surface area contributed by atoms with E-state index < -0.39 is 0 Å². The molecule has 2 aromatic rings. The van der Waals surface area contributed by atoms with Gasteiger partial charge in [0.05, 0.1) is 11.2 Å². The van der Waals surface area contributed by atoms with Crippen LogP contribution in [0.4, 0.5) is 4.39 Å². The molecule has 0 aliphatic heterocycles. The van der Waals surface area contributed by atoms with Crippen molar-refractivity contribution in [3.8, 4) is 0 Å². The molecule has 0 unspecified atom stereocenters. The maximum absolute atomic E-state index is 13.0. The summed E-state index contributed by atoms with van der Waals surface area (Å²) in [6.45, 7) is 1.51. The zero-order chi connectivity index (χ0) is 12.3. The Morgan fingerprint density at radius 3 is 2.29 bits per heavy atom. The lowest BCUT2D eigenvalue weighted by atomic mass is 10.1. The van der Waals surface area contributed by atoms with Crippen LogP contribution in [0.15, 0.2) is 48.8 Å². The SMILES string of the molecule is CC(=O)c1ccc(/C(=C/F)c2ccccc2)s1. The van der Waals surface area contributed by atoms with Crippen molar-refractivity contribution < 1.29 is 9.18 Å². The number of hydrogen-bond acceptors (Lipinski definition) is 2. The topological polar surface area (TPSA) is 17.1 Å². The molecule has 0 radical (unpaired) electrons. The highest BCUT2D eigenvalue weighted by Gasteiger charge is 2.10. The molecule has 1 aromatic carbocycles. The summed E-state index contributed by atoms with van der Waals surface area (Å²) >= 11 is 1.31. The Morgan fingerprint density at radius 1 is 1.12 bits per heavy atom. The van der Waals surface area contributed by atoms with Crippen LogP contribution in [0.3, 0.4) is 0 Å². The molecule has 0 fully saturated rings. The summed E-state index contributed by atoms with van der Waals surface area (Å²) in [5.41, 5.74) is 1.33. The largest absolute Gasteiger partial charge is 0.294 e. The third-order valence-corrected chi connectivity index (χ3v) is 3.63. The van der Waals surface area contributed by atoms with Gasteiger partial charge in [-0.1, -0.05) is 30.3 Å². The van der Waals surface area contributed by atoms with Gasteiger partial charge < -0.3 is 0 Å². The van der Waals surface area contributed by atoms with Crippen molar-refractivity contribution in [2.24, 2.45) is 0 Å². The monoisotopic (exact) mass is 246 g/mol. The zero-order valence-corrected chi connectivity index (χ0v) is 10.1. The van der Waals surface area contributed by atoms with E-state index in [0.717, 1.165) is 10.4 Å². The highest BCUT2D eigenvalue weighted by Crippen LogP contribution is 2.29. The first kappa shape index (κ1) is 11.7. The Labute approximate surface area is 103 Å². The quantitative estimate of drug-likeness (QED) is 0.737. The van der Waals surface area contributed by atoms with Crippen molar-refractivity contribution in [3.05, 3.63) is 64.1 Å². The summed E-state index contributed by atoms with van der Waals surface area (Å²) in [4.78, 5) is 12.6.